The fraction of sp³-hybridized carbons (Fsp3) is 0.600. The van der Waals surface area contributed by atoms with Gasteiger partial charge < -0.3 is 15.0 Å². The number of hydrogen-bond acceptors (Lipinski definition) is 5. The maximum atomic E-state index is 11.4. The summed E-state index contributed by atoms with van der Waals surface area (Å²) in [5.74, 6) is 0.222. The van der Waals surface area contributed by atoms with Gasteiger partial charge in [0.15, 0.2) is 0 Å². The van der Waals surface area contributed by atoms with Crippen LogP contribution >= 0.6 is 0 Å². The molecule has 5 heteroatoms. The lowest BCUT2D eigenvalue weighted by Gasteiger charge is -2.28. The summed E-state index contributed by atoms with van der Waals surface area (Å²) in [5.41, 5.74) is 6.08. The van der Waals surface area contributed by atoms with Crippen molar-refractivity contribution < 1.29 is 14.1 Å². The smallest absolute Gasteiger partial charge is 0.323 e. The highest BCUT2D eigenvalue weighted by Crippen LogP contribution is 2.29. The van der Waals surface area contributed by atoms with Crippen molar-refractivity contribution in [2.45, 2.75) is 32.2 Å². The largest absolute Gasteiger partial charge is 0.468 e. The number of rotatable bonds is 3. The summed E-state index contributed by atoms with van der Waals surface area (Å²) in [5, 5.41) is 3.67. The molecule has 0 aliphatic rings. The van der Waals surface area contributed by atoms with Gasteiger partial charge in [-0.05, 0) is 6.92 Å². The molecule has 0 fully saturated rings. The zero-order chi connectivity index (χ0) is 11.6. The van der Waals surface area contributed by atoms with Gasteiger partial charge in [0, 0.05) is 11.0 Å². The van der Waals surface area contributed by atoms with Crippen molar-refractivity contribution in [3.8, 4) is 0 Å². The van der Waals surface area contributed by atoms with Crippen molar-refractivity contribution in [3.05, 3.63) is 17.5 Å². The number of aromatic nitrogens is 1. The van der Waals surface area contributed by atoms with E-state index in [4.69, 9.17) is 10.3 Å². The summed E-state index contributed by atoms with van der Waals surface area (Å²) < 4.78 is 9.58. The normalized spacial score (nSPS) is 13.7. The molecular weight excluding hydrogens is 196 g/mol. The second kappa shape index (κ2) is 4.02. The first kappa shape index (κ1) is 11.7. The Hall–Kier alpha value is -1.36. The number of aryl methyl sites for hydroxylation is 1. The third-order valence-corrected chi connectivity index (χ3v) is 2.68. The average Bonchev–Trinajstić information content (AvgIpc) is 2.62. The molecule has 1 heterocycles. The molecule has 0 amide bonds. The highest BCUT2D eigenvalue weighted by molar-refractivity contribution is 5.77. The molecule has 0 saturated carbocycles. The van der Waals surface area contributed by atoms with Crippen molar-refractivity contribution >= 4 is 5.97 Å². The Morgan fingerprint density at radius 3 is 2.67 bits per heavy atom. The lowest BCUT2D eigenvalue weighted by atomic mass is 9.78. The van der Waals surface area contributed by atoms with Gasteiger partial charge in [0.2, 0.25) is 0 Å². The number of hydrogen-bond donors (Lipinski definition) is 1. The summed E-state index contributed by atoms with van der Waals surface area (Å²) >= 11 is 0. The van der Waals surface area contributed by atoms with E-state index in [9.17, 15) is 4.79 Å². The maximum Gasteiger partial charge on any atom is 0.323 e. The molecule has 1 aromatic rings. The van der Waals surface area contributed by atoms with Crippen LogP contribution in [0.2, 0.25) is 0 Å². The van der Waals surface area contributed by atoms with Crippen LogP contribution in [0.3, 0.4) is 0 Å². The van der Waals surface area contributed by atoms with Crippen molar-refractivity contribution in [2.75, 3.05) is 7.11 Å². The summed E-state index contributed by atoms with van der Waals surface area (Å²) in [4.78, 5) is 11.4. The first-order chi connectivity index (χ1) is 6.91. The lowest BCUT2D eigenvalue weighted by molar-refractivity contribution is -0.143. The summed E-state index contributed by atoms with van der Waals surface area (Å²) in [6.45, 7) is 5.50. The molecule has 1 unspecified atom stereocenters. The molecule has 0 aromatic carbocycles. The fourth-order valence-electron chi connectivity index (χ4n) is 1.51. The molecule has 2 N–H and O–H groups in total. The van der Waals surface area contributed by atoms with Crippen molar-refractivity contribution in [3.63, 3.8) is 0 Å². The average molecular weight is 212 g/mol. The Labute approximate surface area is 88.6 Å². The van der Waals surface area contributed by atoms with Crippen LogP contribution in [-0.4, -0.2) is 24.3 Å². The van der Waals surface area contributed by atoms with E-state index in [1.165, 1.54) is 7.11 Å². The van der Waals surface area contributed by atoms with Crippen LogP contribution in [0, 0.1) is 6.92 Å². The van der Waals surface area contributed by atoms with Crippen LogP contribution in [0.5, 0.6) is 0 Å². The standard InChI is InChI=1S/C10H16N2O3/c1-6-7(5-12-15-6)10(2,3)8(11)9(13)14-4/h5,8H,11H2,1-4H3. The molecule has 0 aliphatic carbocycles. The highest BCUT2D eigenvalue weighted by atomic mass is 16.5. The van der Waals surface area contributed by atoms with E-state index in [1.807, 2.05) is 13.8 Å². The molecule has 0 aliphatic heterocycles. The summed E-state index contributed by atoms with van der Waals surface area (Å²) in [6, 6.07) is -0.736. The molecule has 1 aromatic heterocycles. The molecule has 1 rings (SSSR count). The molecular formula is C10H16N2O3. The molecule has 84 valence electrons. The van der Waals surface area contributed by atoms with E-state index in [1.54, 1.807) is 13.1 Å². The van der Waals surface area contributed by atoms with E-state index in [2.05, 4.69) is 9.89 Å². The fourth-order valence-corrected chi connectivity index (χ4v) is 1.51. The Balaban J connectivity index is 3.02. The van der Waals surface area contributed by atoms with Gasteiger partial charge >= 0.3 is 5.97 Å². The van der Waals surface area contributed by atoms with Gasteiger partial charge in [0.1, 0.15) is 11.8 Å². The van der Waals surface area contributed by atoms with E-state index < -0.39 is 17.4 Å². The van der Waals surface area contributed by atoms with Gasteiger partial charge in [-0.15, -0.1) is 0 Å². The minimum Gasteiger partial charge on any atom is -0.468 e. The van der Waals surface area contributed by atoms with Gasteiger partial charge in [-0.25, -0.2) is 0 Å². The van der Waals surface area contributed by atoms with E-state index >= 15 is 0 Å². The van der Waals surface area contributed by atoms with Gasteiger partial charge in [-0.1, -0.05) is 19.0 Å². The Kier molecular flexibility index (Phi) is 3.14. The zero-order valence-electron chi connectivity index (χ0n) is 9.40. The first-order valence-electron chi connectivity index (χ1n) is 4.66. The Bertz CT molecular complexity index is 357. The zero-order valence-corrected chi connectivity index (χ0v) is 9.40. The predicted molar refractivity (Wildman–Crippen MR) is 54.3 cm³/mol. The highest BCUT2D eigenvalue weighted by Gasteiger charge is 2.37. The number of esters is 1. The monoisotopic (exact) mass is 212 g/mol. The van der Waals surface area contributed by atoms with Gasteiger partial charge in [0.05, 0.1) is 13.3 Å². The van der Waals surface area contributed by atoms with Crippen LogP contribution in [0.4, 0.5) is 0 Å². The van der Waals surface area contributed by atoms with Gasteiger partial charge in [0.25, 0.3) is 0 Å². The Morgan fingerprint density at radius 1 is 1.67 bits per heavy atom. The topological polar surface area (TPSA) is 78.4 Å². The second-order valence-electron chi connectivity index (χ2n) is 4.02. The van der Waals surface area contributed by atoms with Crippen LogP contribution in [0.1, 0.15) is 25.2 Å². The van der Waals surface area contributed by atoms with Crippen molar-refractivity contribution in [1.29, 1.82) is 0 Å². The molecule has 0 bridgehead atoms. The van der Waals surface area contributed by atoms with Crippen LogP contribution < -0.4 is 5.73 Å². The molecule has 5 nitrogen and oxygen atoms in total. The number of nitrogens with two attached hydrogens (primary N) is 1. The number of carbonyl (C=O) groups excluding carboxylic acids is 1. The molecule has 15 heavy (non-hydrogen) atoms. The van der Waals surface area contributed by atoms with Gasteiger partial charge in [-0.3, -0.25) is 4.79 Å². The molecule has 0 saturated heterocycles. The third-order valence-electron chi connectivity index (χ3n) is 2.68. The van der Waals surface area contributed by atoms with Crippen molar-refractivity contribution in [1.82, 2.24) is 5.16 Å². The SMILES string of the molecule is COC(=O)C(N)C(C)(C)c1cnoc1C. The van der Waals surface area contributed by atoms with E-state index in [0.717, 1.165) is 5.56 Å². The minimum atomic E-state index is -0.736. The number of carbonyl (C=O) groups is 1. The van der Waals surface area contributed by atoms with E-state index in [0.29, 0.717) is 5.76 Å². The first-order valence-corrected chi connectivity index (χ1v) is 4.66. The van der Waals surface area contributed by atoms with Crippen LogP contribution in [0.15, 0.2) is 10.7 Å². The number of nitrogens with zero attached hydrogens (tertiary/aromatic N) is 1. The molecule has 0 radical (unpaired) electrons. The molecule has 1 atom stereocenters. The van der Waals surface area contributed by atoms with E-state index in [-0.39, 0.29) is 0 Å². The third kappa shape index (κ3) is 2.02. The minimum absolute atomic E-state index is 0.444. The summed E-state index contributed by atoms with van der Waals surface area (Å²) in [6.07, 6.45) is 1.58. The lowest BCUT2D eigenvalue weighted by Crippen LogP contribution is -2.47. The van der Waals surface area contributed by atoms with Gasteiger partial charge in [-0.2, -0.15) is 0 Å². The van der Waals surface area contributed by atoms with Crippen molar-refractivity contribution in [2.24, 2.45) is 5.73 Å². The maximum absolute atomic E-state index is 11.4. The number of ether oxygens (including phenoxy) is 1. The molecule has 0 spiro atoms. The predicted octanol–water partition coefficient (Wildman–Crippen LogP) is 0.761. The number of methoxy groups -OCH3 is 1. The Morgan fingerprint density at radius 2 is 2.27 bits per heavy atom. The summed E-state index contributed by atoms with van der Waals surface area (Å²) in [7, 11) is 1.32. The quantitative estimate of drug-likeness (QED) is 0.748. The van der Waals surface area contributed by atoms with Crippen LogP contribution in [-0.2, 0) is 14.9 Å². The van der Waals surface area contributed by atoms with Crippen LogP contribution in [0.25, 0.3) is 0 Å². The second-order valence-corrected chi connectivity index (χ2v) is 4.02.